The zero-order chi connectivity index (χ0) is 20.9. The number of hydrogen-bond acceptors (Lipinski definition) is 0. The molecule has 0 aliphatic heterocycles. The van der Waals surface area contributed by atoms with E-state index in [1.807, 2.05) is 6.07 Å². The summed E-state index contributed by atoms with van der Waals surface area (Å²) in [6, 6.07) is 4.77. The number of benzene rings is 1. The van der Waals surface area contributed by atoms with Gasteiger partial charge in [-0.3, -0.25) is 0 Å². The first-order chi connectivity index (χ1) is 14.1. The lowest BCUT2D eigenvalue weighted by atomic mass is 9.77. The molecule has 29 heavy (non-hydrogen) atoms. The highest BCUT2D eigenvalue weighted by Gasteiger charge is 2.22. The van der Waals surface area contributed by atoms with E-state index in [0.29, 0.717) is 12.0 Å². The summed E-state index contributed by atoms with van der Waals surface area (Å²) in [6.45, 7) is 2.26. The van der Waals surface area contributed by atoms with E-state index in [4.69, 9.17) is 0 Å². The molecule has 0 heterocycles. The molecule has 1 aromatic carbocycles. The molecule has 0 radical (unpaired) electrons. The number of rotatable bonds is 13. The largest absolute Gasteiger partial charge is 0.271 e. The number of halogens is 3. The smallest absolute Gasteiger partial charge is 0.206 e. The highest BCUT2D eigenvalue weighted by molar-refractivity contribution is 5.51. The normalized spacial score (nSPS) is 19.3. The Hall–Kier alpha value is -1.25. The van der Waals surface area contributed by atoms with Gasteiger partial charge in [0.1, 0.15) is 5.82 Å². The fourth-order valence-corrected chi connectivity index (χ4v) is 4.74. The van der Waals surface area contributed by atoms with Gasteiger partial charge in [0.25, 0.3) is 6.08 Å². The van der Waals surface area contributed by atoms with Crippen molar-refractivity contribution in [2.45, 2.75) is 109 Å². The first kappa shape index (κ1) is 24.0. The molecule has 1 aromatic rings. The van der Waals surface area contributed by atoms with Crippen molar-refractivity contribution in [3.8, 4) is 0 Å². The maximum absolute atomic E-state index is 14.0. The lowest BCUT2D eigenvalue weighted by Crippen LogP contribution is -2.13. The fraction of sp³-hybridized carbons (Fsp3) is 0.692. The van der Waals surface area contributed by atoms with Crippen molar-refractivity contribution < 1.29 is 13.2 Å². The average Bonchev–Trinajstić information content (AvgIpc) is 2.71. The van der Waals surface area contributed by atoms with Gasteiger partial charge in [-0.05, 0) is 49.1 Å². The summed E-state index contributed by atoms with van der Waals surface area (Å²) >= 11 is 0. The minimum atomic E-state index is -1.86. The Balaban J connectivity index is 1.57. The molecule has 164 valence electrons. The molecule has 1 saturated carbocycles. The quantitative estimate of drug-likeness (QED) is 0.285. The summed E-state index contributed by atoms with van der Waals surface area (Å²) in [5.41, 5.74) is 0.944. The second-order valence-electron chi connectivity index (χ2n) is 8.90. The van der Waals surface area contributed by atoms with Gasteiger partial charge in [-0.2, -0.15) is 8.78 Å². The number of unbranched alkanes of at least 4 members (excludes halogenated alkanes) is 9. The van der Waals surface area contributed by atoms with Crippen molar-refractivity contribution in [1.82, 2.24) is 0 Å². The minimum absolute atomic E-state index is 0.0246. The molecule has 2 rings (SSSR count). The molecule has 3 heteroatoms. The Morgan fingerprint density at radius 3 is 2.00 bits per heavy atom. The highest BCUT2D eigenvalue weighted by atomic mass is 19.3. The van der Waals surface area contributed by atoms with Crippen molar-refractivity contribution >= 4 is 6.08 Å². The molecule has 0 nitrogen and oxygen atoms in total. The van der Waals surface area contributed by atoms with Crippen LogP contribution in [-0.4, -0.2) is 0 Å². The van der Waals surface area contributed by atoms with Crippen LogP contribution in [0.25, 0.3) is 6.08 Å². The van der Waals surface area contributed by atoms with Gasteiger partial charge in [0.2, 0.25) is 0 Å². The zero-order valence-corrected chi connectivity index (χ0v) is 18.2. The van der Waals surface area contributed by atoms with Crippen LogP contribution in [0.4, 0.5) is 13.2 Å². The molecule has 1 fully saturated rings. The standard InChI is InChI=1S/C26H39F3/c1-2-3-4-5-6-7-8-9-10-11-12-21-13-15-22(16-14-21)23-17-18-24(20-26(28)29)25(27)19-23/h17-22H,2-16H2,1H3. The van der Waals surface area contributed by atoms with Crippen LogP contribution in [0.2, 0.25) is 0 Å². The van der Waals surface area contributed by atoms with Crippen LogP contribution in [0, 0.1) is 11.7 Å². The highest BCUT2D eigenvalue weighted by Crippen LogP contribution is 2.38. The van der Waals surface area contributed by atoms with Crippen LogP contribution in [0.15, 0.2) is 24.3 Å². The summed E-state index contributed by atoms with van der Waals surface area (Å²) < 4.78 is 38.7. The third kappa shape index (κ3) is 9.40. The van der Waals surface area contributed by atoms with Crippen molar-refractivity contribution in [1.29, 1.82) is 0 Å². The monoisotopic (exact) mass is 408 g/mol. The van der Waals surface area contributed by atoms with Crippen molar-refractivity contribution in [3.63, 3.8) is 0 Å². The van der Waals surface area contributed by atoms with E-state index < -0.39 is 11.9 Å². The second kappa shape index (κ2) is 13.9. The van der Waals surface area contributed by atoms with Crippen LogP contribution in [-0.2, 0) is 0 Å². The van der Waals surface area contributed by atoms with Gasteiger partial charge in [0.05, 0.1) is 0 Å². The summed E-state index contributed by atoms with van der Waals surface area (Å²) in [5.74, 6) is 0.650. The van der Waals surface area contributed by atoms with Gasteiger partial charge in [0, 0.05) is 11.6 Å². The van der Waals surface area contributed by atoms with Crippen molar-refractivity contribution in [3.05, 3.63) is 41.2 Å². The molecule has 0 N–H and O–H groups in total. The predicted molar refractivity (Wildman–Crippen MR) is 118 cm³/mol. The van der Waals surface area contributed by atoms with Gasteiger partial charge < -0.3 is 0 Å². The van der Waals surface area contributed by atoms with Crippen molar-refractivity contribution in [2.75, 3.05) is 0 Å². The van der Waals surface area contributed by atoms with Crippen LogP contribution < -0.4 is 0 Å². The molecule has 1 aliphatic carbocycles. The van der Waals surface area contributed by atoms with Crippen LogP contribution in [0.5, 0.6) is 0 Å². The second-order valence-corrected chi connectivity index (χ2v) is 8.90. The lowest BCUT2D eigenvalue weighted by Gasteiger charge is -2.29. The summed E-state index contributed by atoms with van der Waals surface area (Å²) in [7, 11) is 0. The van der Waals surface area contributed by atoms with E-state index in [9.17, 15) is 13.2 Å². The maximum atomic E-state index is 14.0. The van der Waals surface area contributed by atoms with Crippen LogP contribution in [0.1, 0.15) is 120 Å². The molecule has 0 unspecified atom stereocenters. The van der Waals surface area contributed by atoms with Crippen molar-refractivity contribution in [2.24, 2.45) is 5.92 Å². The summed E-state index contributed by atoms with van der Waals surface area (Å²) in [5, 5.41) is 0. The van der Waals surface area contributed by atoms with E-state index in [-0.39, 0.29) is 5.56 Å². The molecular formula is C26H39F3. The minimum Gasteiger partial charge on any atom is -0.206 e. The molecule has 1 aliphatic rings. The molecule has 0 amide bonds. The predicted octanol–water partition coefficient (Wildman–Crippen LogP) is 9.65. The molecular weight excluding hydrogens is 369 g/mol. The third-order valence-electron chi connectivity index (χ3n) is 6.57. The Morgan fingerprint density at radius 2 is 1.45 bits per heavy atom. The lowest BCUT2D eigenvalue weighted by molar-refractivity contribution is 0.301. The molecule has 0 spiro atoms. The molecule has 0 atom stereocenters. The SMILES string of the molecule is CCCCCCCCCCCCC1CCC(c2ccc(C=C(F)F)c(F)c2)CC1. The average molecular weight is 409 g/mol. The van der Waals surface area contributed by atoms with Gasteiger partial charge in [-0.15, -0.1) is 0 Å². The maximum Gasteiger partial charge on any atom is 0.271 e. The van der Waals surface area contributed by atoms with Gasteiger partial charge in [-0.25, -0.2) is 4.39 Å². The van der Waals surface area contributed by atoms with Gasteiger partial charge >= 0.3 is 0 Å². The van der Waals surface area contributed by atoms with E-state index in [1.54, 1.807) is 0 Å². The van der Waals surface area contributed by atoms with Gasteiger partial charge in [0.15, 0.2) is 0 Å². The van der Waals surface area contributed by atoms with E-state index >= 15 is 0 Å². The molecule has 0 bridgehead atoms. The first-order valence-electron chi connectivity index (χ1n) is 11.9. The third-order valence-corrected chi connectivity index (χ3v) is 6.57. The first-order valence-corrected chi connectivity index (χ1v) is 11.9. The Kier molecular flexibility index (Phi) is 11.5. The molecule has 0 saturated heterocycles. The van der Waals surface area contributed by atoms with E-state index in [0.717, 1.165) is 24.3 Å². The molecule has 0 aromatic heterocycles. The fourth-order valence-electron chi connectivity index (χ4n) is 4.74. The zero-order valence-electron chi connectivity index (χ0n) is 18.2. The Labute approximate surface area is 176 Å². The topological polar surface area (TPSA) is 0 Å². The Bertz CT molecular complexity index is 596. The van der Waals surface area contributed by atoms with Gasteiger partial charge in [-0.1, -0.05) is 89.7 Å². The number of hydrogen-bond donors (Lipinski definition) is 0. The summed E-state index contributed by atoms with van der Waals surface area (Å²) in [4.78, 5) is 0. The van der Waals surface area contributed by atoms with Crippen LogP contribution in [0.3, 0.4) is 0 Å². The summed E-state index contributed by atoms with van der Waals surface area (Å²) in [6.07, 6.45) is 18.5. The van der Waals surface area contributed by atoms with E-state index in [1.165, 1.54) is 95.6 Å². The van der Waals surface area contributed by atoms with Crippen LogP contribution >= 0.6 is 0 Å². The Morgan fingerprint density at radius 1 is 0.862 bits per heavy atom. The van der Waals surface area contributed by atoms with E-state index in [2.05, 4.69) is 6.92 Å².